The van der Waals surface area contributed by atoms with Gasteiger partial charge in [0.1, 0.15) is 5.78 Å². The Bertz CT molecular complexity index is 3100. The van der Waals surface area contributed by atoms with Gasteiger partial charge >= 0.3 is 0 Å². The summed E-state index contributed by atoms with van der Waals surface area (Å²) in [7, 11) is 3.47. The van der Waals surface area contributed by atoms with Gasteiger partial charge in [0.2, 0.25) is 47.3 Å². The Morgan fingerprint density at radius 1 is 0.348 bits per heavy atom. The first-order valence-corrected chi connectivity index (χ1v) is 53.7. The number of aliphatic hydroxyl groups excluding tert-OH is 4. The number of hydrogen-bond acceptors (Lipinski definition) is 17. The Morgan fingerprint density at radius 3 is 0.902 bits per heavy atom. The van der Waals surface area contributed by atoms with Gasteiger partial charge in [-0.15, -0.1) is 0 Å². The largest absolute Gasteiger partial charge is 0.396 e. The molecule has 132 heavy (non-hydrogen) atoms. The van der Waals surface area contributed by atoms with Crippen molar-refractivity contribution < 1.29 is 82.5 Å². The number of morpholine rings is 1. The highest BCUT2D eigenvalue weighted by Gasteiger charge is 2.39. The Balaban J connectivity index is 0.000000203. The minimum atomic E-state index is -0.281. The van der Waals surface area contributed by atoms with Gasteiger partial charge in [0, 0.05) is 165 Å². The number of nitrogens with zero attached hydrogens (tertiary/aromatic N) is 5. The maximum Gasteiger partial charge on any atom is 0.225 e. The van der Waals surface area contributed by atoms with Crippen LogP contribution >= 0.6 is 0 Å². The molecule has 0 spiro atoms. The van der Waals surface area contributed by atoms with Crippen LogP contribution in [0, 0.1) is 106 Å². The molecule has 25 nitrogen and oxygen atoms in total. The van der Waals surface area contributed by atoms with Crippen molar-refractivity contribution in [3.05, 3.63) is 0 Å². The van der Waals surface area contributed by atoms with Gasteiger partial charge in [0.05, 0.1) is 56.9 Å². The number of ketones is 1. The molecule has 6 heterocycles. The topological polar surface area (TPSA) is 324 Å². The molecule has 15 rings (SSSR count). The predicted octanol–water partition coefficient (Wildman–Crippen LogP) is 16.1. The van der Waals surface area contributed by atoms with E-state index in [1.807, 2.05) is 38.3 Å². The normalized spacial score (nSPS) is 32.8. The van der Waals surface area contributed by atoms with Crippen LogP contribution < -0.4 is 16.0 Å². The summed E-state index contributed by atoms with van der Waals surface area (Å²) in [5, 5.41) is 45.5. The van der Waals surface area contributed by atoms with E-state index < -0.39 is 0 Å². The molecule has 0 aromatic heterocycles. The van der Waals surface area contributed by atoms with E-state index in [0.29, 0.717) is 97.7 Å². The van der Waals surface area contributed by atoms with Gasteiger partial charge in [0.25, 0.3) is 0 Å². The molecular formula is C107H192N8O17. The van der Waals surface area contributed by atoms with Crippen LogP contribution in [0.25, 0.3) is 0 Å². The van der Waals surface area contributed by atoms with E-state index in [4.69, 9.17) is 29.2 Å². The summed E-state index contributed by atoms with van der Waals surface area (Å²) in [4.78, 5) is 117. The van der Waals surface area contributed by atoms with Crippen molar-refractivity contribution >= 4 is 53.0 Å². The Kier molecular flexibility index (Phi) is 52.6. The number of carbonyl (C=O) groups is 9. The van der Waals surface area contributed by atoms with Crippen molar-refractivity contribution in [2.75, 3.05) is 119 Å². The molecule has 25 heteroatoms. The van der Waals surface area contributed by atoms with Crippen LogP contribution in [0.5, 0.6) is 0 Å². The molecule has 6 aliphatic heterocycles. The third-order valence-electron chi connectivity index (χ3n) is 31.8. The average Bonchev–Trinajstić information content (AvgIpc) is 1.84. The molecule has 7 N–H and O–H groups in total. The summed E-state index contributed by atoms with van der Waals surface area (Å²) < 4.78 is 21.1. The van der Waals surface area contributed by atoms with Crippen molar-refractivity contribution in [3.8, 4) is 0 Å². The van der Waals surface area contributed by atoms with Gasteiger partial charge < -0.3 is 79.8 Å². The number of rotatable bonds is 19. The summed E-state index contributed by atoms with van der Waals surface area (Å²) in [6.07, 6.45) is 45.3. The van der Waals surface area contributed by atoms with E-state index in [1.54, 1.807) is 14.2 Å². The summed E-state index contributed by atoms with van der Waals surface area (Å²) in [6, 6.07) is 0.700. The smallest absolute Gasteiger partial charge is 0.225 e. The van der Waals surface area contributed by atoms with Crippen molar-refractivity contribution in [1.82, 2.24) is 40.4 Å². The molecule has 8 amide bonds. The number of carbonyl (C=O) groups excluding carboxylic acids is 9. The van der Waals surface area contributed by atoms with Crippen molar-refractivity contribution in [2.24, 2.45) is 106 Å². The van der Waals surface area contributed by atoms with Gasteiger partial charge in [-0.2, -0.15) is 0 Å². The number of hydrogen-bond donors (Lipinski definition) is 7. The van der Waals surface area contributed by atoms with Crippen molar-refractivity contribution in [2.45, 2.75) is 402 Å². The SMILES string of the molecule is CC1CCC(C(=O)N2CCOCC2)CC1.CC1CCC(C(=O)N2CC[C@@H](O)C2)CC1.CC1CCC(C(=O)N2CC[C@H](O)C2)CC1.CC1CCC(C(=O)NC2CC2)CC1.CC1CCC(C(=O)NC2CCOC2)CC1.CC1CCC(C(=O)N[C@@H](C)CO)CC1.CCC(CO)CC(=O)CC(C)(C)C.CO[C@@H]1CCN(C(=O)C2CCC(C)CC2)C1.CO[C@H]1CCN(C(=O)C2CCC(C)CC2)C1. The number of β-amino-alcohol motifs (C(OH)–C–C–N with tert-alkyl or cyclic N) is 2. The minimum absolute atomic E-state index is 0.0227. The number of ether oxygens (including phenoxy) is 4. The molecule has 6 saturated heterocycles. The quantitative estimate of drug-likeness (QED) is 0.0632. The maximum absolute atomic E-state index is 12.2. The van der Waals surface area contributed by atoms with E-state index in [1.165, 1.54) is 103 Å². The van der Waals surface area contributed by atoms with E-state index >= 15 is 0 Å². The second-order valence-corrected chi connectivity index (χ2v) is 45.3. The fourth-order valence-electron chi connectivity index (χ4n) is 21.5. The molecule has 15 fully saturated rings. The fourth-order valence-corrected chi connectivity index (χ4v) is 21.5. The standard InChI is InChI=1S/2C13H23NO2.4C12H21NO2.C11H21NO2.C11H19NO.C11H22O2/c2*1-10-3-5-11(6-4-10)13(15)14-8-7-12(9-14)16-2;1-10-2-4-11(5-3-10)12(14)13-6-8-15-9-7-13;1-9-2-4-10(5-3-9)12(14)13-11-6-7-15-8-11;2*1-9-2-4-10(5-3-9)12(15)13-7-6-11(14)8-13;1-8-3-5-10(6-4-8)11(14)12-9(2)7-13;1-8-2-4-9(5-3-8)11(13)12-10-6-7-10;1-5-9(8-12)6-10(13)7-11(2,3)4/h2*10-12H,3-9H2,1-2H3;10-11H,2-9H2,1H3;9-11H,2-8H2,1H3,(H,13,14);2*9-11,14H,2-8H2,1H3;8-10,13H,3-7H2,1-2H3,(H,12,14);8-10H,2-7H2,1H3,(H,12,13);9,12H,5-8H2,1-4H3/t2*10?,11?,12-;;;2*9?,10?,11-;8?,9-,10?;;/m10..100../s1. The van der Waals surface area contributed by atoms with Crippen LogP contribution in [0.1, 0.15) is 360 Å². The maximum atomic E-state index is 12.2. The predicted molar refractivity (Wildman–Crippen MR) is 523 cm³/mol. The highest BCUT2D eigenvalue weighted by atomic mass is 16.5. The lowest BCUT2D eigenvalue weighted by atomic mass is 9.82. The van der Waals surface area contributed by atoms with Crippen LogP contribution in [-0.2, 0) is 62.1 Å². The zero-order valence-corrected chi connectivity index (χ0v) is 85.7. The molecule has 7 atom stereocenters. The molecule has 9 aliphatic carbocycles. The molecule has 0 aromatic carbocycles. The monoisotopic (exact) mass is 1860 g/mol. The average molecular weight is 1860 g/mol. The van der Waals surface area contributed by atoms with E-state index in [0.717, 1.165) is 274 Å². The first kappa shape index (κ1) is 114. The number of Topliss-reactive ketones (excluding diaryl/α,β-unsaturated/α-hetero) is 1. The molecule has 2 unspecified atom stereocenters. The van der Waals surface area contributed by atoms with Gasteiger partial charge in [-0.25, -0.2) is 0 Å². The lowest BCUT2D eigenvalue weighted by Crippen LogP contribution is -2.44. The van der Waals surface area contributed by atoms with Crippen LogP contribution in [0.3, 0.4) is 0 Å². The molecule has 762 valence electrons. The Labute approximate surface area is 799 Å². The number of methoxy groups -OCH3 is 2. The summed E-state index contributed by atoms with van der Waals surface area (Å²) in [6.45, 7) is 38.9. The molecule has 15 aliphatic rings. The molecule has 0 radical (unpaired) electrons. The lowest BCUT2D eigenvalue weighted by Gasteiger charge is -2.33. The Hall–Kier alpha value is -4.89. The fraction of sp³-hybridized carbons (Fsp3) is 0.916. The zero-order chi connectivity index (χ0) is 96.4. The van der Waals surface area contributed by atoms with Crippen molar-refractivity contribution in [3.63, 3.8) is 0 Å². The second-order valence-electron chi connectivity index (χ2n) is 45.3. The van der Waals surface area contributed by atoms with Gasteiger partial charge in [-0.3, -0.25) is 43.2 Å². The number of nitrogens with one attached hydrogen (secondary N) is 3. The van der Waals surface area contributed by atoms with E-state index in [2.05, 4.69) is 92.1 Å². The minimum Gasteiger partial charge on any atom is -0.396 e. The first-order chi connectivity index (χ1) is 63.0. The molecule has 0 bridgehead atoms. The highest BCUT2D eigenvalue weighted by molar-refractivity contribution is 5.83. The van der Waals surface area contributed by atoms with Crippen LogP contribution in [0.15, 0.2) is 0 Å². The number of aliphatic hydroxyl groups is 4. The molecular weight excluding hydrogens is 1670 g/mol. The molecule has 9 saturated carbocycles. The summed E-state index contributed by atoms with van der Waals surface area (Å²) in [5.41, 5.74) is 0.0742. The van der Waals surface area contributed by atoms with E-state index in [9.17, 15) is 53.4 Å². The highest BCUT2D eigenvalue weighted by Crippen LogP contribution is 2.38. The van der Waals surface area contributed by atoms with Crippen LogP contribution in [0.2, 0.25) is 0 Å². The summed E-state index contributed by atoms with van der Waals surface area (Å²) >= 11 is 0. The van der Waals surface area contributed by atoms with Crippen LogP contribution in [0.4, 0.5) is 0 Å². The lowest BCUT2D eigenvalue weighted by molar-refractivity contribution is -0.141. The third kappa shape index (κ3) is 42.8. The number of amides is 8. The number of likely N-dealkylation sites (tertiary alicyclic amines) is 4. The first-order valence-electron chi connectivity index (χ1n) is 53.7. The van der Waals surface area contributed by atoms with Gasteiger partial charge in [-0.05, 0) is 316 Å². The van der Waals surface area contributed by atoms with Crippen molar-refractivity contribution in [1.29, 1.82) is 0 Å². The second kappa shape index (κ2) is 60.8. The Morgan fingerprint density at radius 2 is 0.644 bits per heavy atom. The third-order valence-corrected chi connectivity index (χ3v) is 31.8. The molecule has 0 aromatic rings. The van der Waals surface area contributed by atoms with Crippen LogP contribution in [-0.4, -0.2) is 260 Å². The zero-order valence-electron chi connectivity index (χ0n) is 85.7. The van der Waals surface area contributed by atoms with E-state index in [-0.39, 0.29) is 102 Å². The van der Waals surface area contributed by atoms with Gasteiger partial charge in [-0.1, -0.05) is 89.5 Å². The van der Waals surface area contributed by atoms with Gasteiger partial charge in [0.15, 0.2) is 0 Å². The summed E-state index contributed by atoms with van der Waals surface area (Å²) in [5.74, 6) is 11.5.